The van der Waals surface area contributed by atoms with Gasteiger partial charge < -0.3 is 16.8 Å². The lowest BCUT2D eigenvalue weighted by molar-refractivity contribution is 0.599. The second-order valence-electron chi connectivity index (χ2n) is 2.14. The van der Waals surface area contributed by atoms with Crippen LogP contribution in [-0.2, 0) is 10.2 Å². The molecule has 0 radical (unpaired) electrons. The van der Waals surface area contributed by atoms with Gasteiger partial charge in [-0.2, -0.15) is 8.42 Å². The second kappa shape index (κ2) is 4.94. The van der Waals surface area contributed by atoms with Crippen molar-refractivity contribution in [3.05, 3.63) is 0 Å². The molecular formula is C4H11N5O2S2. The number of nitrogens with two attached hydrogens (primary N) is 3. The van der Waals surface area contributed by atoms with Crippen LogP contribution in [0.3, 0.4) is 0 Å². The van der Waals surface area contributed by atoms with E-state index in [1.54, 1.807) is 0 Å². The van der Waals surface area contributed by atoms with Crippen molar-refractivity contribution in [3.8, 4) is 0 Å². The molecule has 76 valence electrons. The SMILES string of the molecule is NC(=S)NCCC(N)=NS(N)(=O)=O. The molecule has 0 amide bonds. The summed E-state index contributed by atoms with van der Waals surface area (Å²) in [4.78, 5) is 0. The van der Waals surface area contributed by atoms with Crippen LogP contribution < -0.4 is 21.9 Å². The highest BCUT2D eigenvalue weighted by Crippen LogP contribution is 1.83. The van der Waals surface area contributed by atoms with Crippen LogP contribution in [-0.4, -0.2) is 25.9 Å². The van der Waals surface area contributed by atoms with Gasteiger partial charge in [0.25, 0.3) is 0 Å². The van der Waals surface area contributed by atoms with E-state index in [0.717, 1.165) is 0 Å². The highest BCUT2D eigenvalue weighted by molar-refractivity contribution is 7.88. The van der Waals surface area contributed by atoms with Crippen LogP contribution in [0.5, 0.6) is 0 Å². The van der Waals surface area contributed by atoms with Gasteiger partial charge in [-0.15, -0.1) is 4.40 Å². The largest absolute Gasteiger partial charge is 0.386 e. The van der Waals surface area contributed by atoms with E-state index in [1.807, 2.05) is 0 Å². The Morgan fingerprint density at radius 2 is 2.00 bits per heavy atom. The number of hydrogen-bond acceptors (Lipinski definition) is 3. The summed E-state index contributed by atoms with van der Waals surface area (Å²) in [6.07, 6.45) is 0.202. The Balaban J connectivity index is 3.95. The van der Waals surface area contributed by atoms with Crippen LogP contribution in [0.25, 0.3) is 0 Å². The number of amidine groups is 1. The molecule has 13 heavy (non-hydrogen) atoms. The Kier molecular flexibility index (Phi) is 4.59. The van der Waals surface area contributed by atoms with E-state index < -0.39 is 10.2 Å². The molecular weight excluding hydrogens is 214 g/mol. The zero-order chi connectivity index (χ0) is 10.5. The molecule has 7 nitrogen and oxygen atoms in total. The third-order valence-electron chi connectivity index (χ3n) is 0.925. The normalized spacial score (nSPS) is 12.5. The maximum Gasteiger partial charge on any atom is 0.318 e. The zero-order valence-electron chi connectivity index (χ0n) is 6.73. The first-order valence-corrected chi connectivity index (χ1v) is 5.13. The van der Waals surface area contributed by atoms with Gasteiger partial charge in [0.05, 0.1) is 0 Å². The van der Waals surface area contributed by atoms with E-state index in [2.05, 4.69) is 27.1 Å². The molecule has 0 aliphatic carbocycles. The van der Waals surface area contributed by atoms with E-state index in [1.165, 1.54) is 0 Å². The minimum absolute atomic E-state index is 0.0914. The summed E-state index contributed by atoms with van der Waals surface area (Å²) >= 11 is 4.50. The van der Waals surface area contributed by atoms with Gasteiger partial charge in [-0.25, -0.2) is 5.14 Å². The van der Waals surface area contributed by atoms with Gasteiger partial charge in [-0.3, -0.25) is 0 Å². The Morgan fingerprint density at radius 3 is 2.38 bits per heavy atom. The molecule has 0 aliphatic heterocycles. The first kappa shape index (κ1) is 12.1. The van der Waals surface area contributed by atoms with Gasteiger partial charge in [0.2, 0.25) is 0 Å². The fourth-order valence-corrected chi connectivity index (χ4v) is 1.04. The molecule has 9 heteroatoms. The number of rotatable bonds is 4. The van der Waals surface area contributed by atoms with Gasteiger partial charge in [-0.05, 0) is 12.2 Å². The molecule has 0 unspecified atom stereocenters. The molecule has 0 saturated heterocycles. The summed E-state index contributed by atoms with van der Waals surface area (Å²) in [5, 5.41) is 7.29. The zero-order valence-corrected chi connectivity index (χ0v) is 8.36. The monoisotopic (exact) mass is 225 g/mol. The number of nitrogens with zero attached hydrogens (tertiary/aromatic N) is 1. The lowest BCUT2D eigenvalue weighted by Crippen LogP contribution is -2.32. The molecule has 0 fully saturated rings. The summed E-state index contributed by atoms with van der Waals surface area (Å²) in [6, 6.07) is 0. The summed E-state index contributed by atoms with van der Waals surface area (Å²) in [7, 11) is -3.90. The van der Waals surface area contributed by atoms with Crippen LogP contribution in [0.4, 0.5) is 0 Å². The molecule has 0 heterocycles. The number of hydrogen-bond donors (Lipinski definition) is 4. The maximum atomic E-state index is 10.4. The van der Waals surface area contributed by atoms with Gasteiger partial charge in [0.15, 0.2) is 5.11 Å². The fourth-order valence-electron chi connectivity index (χ4n) is 0.523. The smallest absolute Gasteiger partial charge is 0.318 e. The van der Waals surface area contributed by atoms with Gasteiger partial charge in [-0.1, -0.05) is 0 Å². The van der Waals surface area contributed by atoms with E-state index >= 15 is 0 Å². The number of nitrogens with one attached hydrogen (secondary N) is 1. The highest BCUT2D eigenvalue weighted by atomic mass is 32.2. The lowest BCUT2D eigenvalue weighted by Gasteiger charge is -2.01. The van der Waals surface area contributed by atoms with Crippen LogP contribution in [0.2, 0.25) is 0 Å². The van der Waals surface area contributed by atoms with Gasteiger partial charge >= 0.3 is 10.2 Å². The molecule has 0 atom stereocenters. The molecule has 0 rings (SSSR count). The van der Waals surface area contributed by atoms with Crippen molar-refractivity contribution in [2.24, 2.45) is 21.0 Å². The van der Waals surface area contributed by atoms with Crippen LogP contribution in [0.1, 0.15) is 6.42 Å². The fraction of sp³-hybridized carbons (Fsp3) is 0.500. The minimum Gasteiger partial charge on any atom is -0.386 e. The van der Waals surface area contributed by atoms with E-state index in [-0.39, 0.29) is 17.4 Å². The van der Waals surface area contributed by atoms with Crippen molar-refractivity contribution in [2.45, 2.75) is 6.42 Å². The quantitative estimate of drug-likeness (QED) is 0.243. The first-order chi connectivity index (χ1) is 5.81. The van der Waals surface area contributed by atoms with Crippen LogP contribution in [0.15, 0.2) is 4.40 Å². The van der Waals surface area contributed by atoms with E-state index in [9.17, 15) is 8.42 Å². The van der Waals surface area contributed by atoms with Crippen molar-refractivity contribution in [1.82, 2.24) is 5.32 Å². The predicted molar refractivity (Wildman–Crippen MR) is 54.1 cm³/mol. The lowest BCUT2D eigenvalue weighted by atomic mass is 10.4. The molecule has 7 N–H and O–H groups in total. The van der Waals surface area contributed by atoms with E-state index in [0.29, 0.717) is 6.54 Å². The molecule has 0 aliphatic rings. The van der Waals surface area contributed by atoms with Crippen molar-refractivity contribution < 1.29 is 8.42 Å². The summed E-state index contributed by atoms with van der Waals surface area (Å²) in [5.41, 5.74) is 10.3. The molecule has 0 bridgehead atoms. The Morgan fingerprint density at radius 1 is 1.46 bits per heavy atom. The van der Waals surface area contributed by atoms with E-state index in [4.69, 9.17) is 11.5 Å². The standard InChI is InChI=1S/C4H11N5O2S2/c5-3(9-13(7,10)11)1-2-8-4(6)12/h1-2H2,(H2,5,9)(H3,6,8,12)(H2,7,10,11). The number of thiocarbonyl (C=S) groups is 1. The average molecular weight is 225 g/mol. The average Bonchev–Trinajstić information content (AvgIpc) is 1.81. The summed E-state index contributed by atoms with van der Waals surface area (Å²) in [6.45, 7) is 0.320. The molecule has 0 saturated carbocycles. The van der Waals surface area contributed by atoms with Gasteiger partial charge in [0, 0.05) is 13.0 Å². The maximum absolute atomic E-state index is 10.4. The summed E-state index contributed by atoms with van der Waals surface area (Å²) in [5.74, 6) is -0.0914. The third kappa shape index (κ3) is 8.98. The van der Waals surface area contributed by atoms with Gasteiger partial charge in [0.1, 0.15) is 5.84 Å². The van der Waals surface area contributed by atoms with Crippen molar-refractivity contribution in [1.29, 1.82) is 0 Å². The summed E-state index contributed by atoms with van der Waals surface area (Å²) < 4.78 is 23.8. The molecule has 0 aromatic rings. The highest BCUT2D eigenvalue weighted by Gasteiger charge is 2.00. The van der Waals surface area contributed by atoms with Crippen LogP contribution >= 0.6 is 12.2 Å². The van der Waals surface area contributed by atoms with Crippen molar-refractivity contribution in [2.75, 3.05) is 6.54 Å². The van der Waals surface area contributed by atoms with Crippen LogP contribution in [0, 0.1) is 0 Å². The molecule has 0 spiro atoms. The molecule has 0 aromatic heterocycles. The Hall–Kier alpha value is -0.930. The Bertz CT molecular complexity index is 308. The van der Waals surface area contributed by atoms with Crippen molar-refractivity contribution in [3.63, 3.8) is 0 Å². The minimum atomic E-state index is -3.90. The second-order valence-corrected chi connectivity index (χ2v) is 3.79. The van der Waals surface area contributed by atoms with Crippen molar-refractivity contribution >= 4 is 33.4 Å². The predicted octanol–water partition coefficient (Wildman–Crippen LogP) is -2.23. The topological polar surface area (TPSA) is 137 Å². The third-order valence-corrected chi connectivity index (χ3v) is 1.56. The molecule has 0 aromatic carbocycles. The Labute approximate surface area is 81.6 Å². The first-order valence-electron chi connectivity index (χ1n) is 3.21.